The van der Waals surface area contributed by atoms with Crippen LogP contribution in [-0.2, 0) is 19.9 Å². The maximum Gasteiger partial charge on any atom is 0.0860 e. The molecule has 5 nitrogen and oxygen atoms in total. The van der Waals surface area contributed by atoms with Crippen molar-refractivity contribution in [1.29, 1.82) is 0 Å². The number of nitrogens with zero attached hydrogens (tertiary/aromatic N) is 3. The molecule has 0 radical (unpaired) electrons. The summed E-state index contributed by atoms with van der Waals surface area (Å²) in [6.07, 6.45) is 10.5. The molecule has 4 rings (SSSR count). The summed E-state index contributed by atoms with van der Waals surface area (Å²) in [5, 5.41) is 16.1. The van der Waals surface area contributed by atoms with Gasteiger partial charge in [0.1, 0.15) is 0 Å². The van der Waals surface area contributed by atoms with Gasteiger partial charge in [-0.05, 0) is 44.2 Å². The van der Waals surface area contributed by atoms with Crippen LogP contribution in [0.5, 0.6) is 0 Å². The fraction of sp³-hybridized carbons (Fsp3) is 0.882. The first-order valence-electron chi connectivity index (χ1n) is 9.15. The molecule has 0 bridgehead atoms. The van der Waals surface area contributed by atoms with Gasteiger partial charge in [-0.25, -0.2) is 0 Å². The van der Waals surface area contributed by atoms with Crippen molar-refractivity contribution in [1.82, 2.24) is 25.6 Å². The number of fused-ring (bicyclic) bond motifs is 1. The number of aromatic nitrogens is 3. The van der Waals surface area contributed by atoms with Gasteiger partial charge in [0.05, 0.1) is 11.4 Å². The van der Waals surface area contributed by atoms with Crippen molar-refractivity contribution >= 4 is 0 Å². The molecule has 0 aromatic carbocycles. The second-order valence-corrected chi connectivity index (χ2v) is 7.52. The molecular weight excluding hydrogens is 274 g/mol. The highest BCUT2D eigenvalue weighted by molar-refractivity contribution is 5.16. The van der Waals surface area contributed by atoms with Crippen LogP contribution in [0, 0.1) is 11.8 Å². The molecule has 1 aromatic heterocycles. The van der Waals surface area contributed by atoms with Crippen molar-refractivity contribution in [3.05, 3.63) is 11.4 Å². The summed E-state index contributed by atoms with van der Waals surface area (Å²) < 4.78 is 1.97. The third kappa shape index (κ3) is 2.81. The Morgan fingerprint density at radius 3 is 2.91 bits per heavy atom. The lowest BCUT2D eigenvalue weighted by Crippen LogP contribution is -2.53. The van der Waals surface area contributed by atoms with Crippen molar-refractivity contribution in [2.75, 3.05) is 13.1 Å². The number of hydrogen-bond donors (Lipinski definition) is 2. The van der Waals surface area contributed by atoms with Gasteiger partial charge in [0, 0.05) is 25.6 Å². The molecule has 0 amide bonds. The molecule has 1 saturated carbocycles. The highest BCUT2D eigenvalue weighted by Gasteiger charge is 2.35. The monoisotopic (exact) mass is 303 g/mol. The van der Waals surface area contributed by atoms with Crippen LogP contribution in [0.2, 0.25) is 0 Å². The summed E-state index contributed by atoms with van der Waals surface area (Å²) in [6.45, 7) is 2.39. The molecule has 1 aromatic rings. The van der Waals surface area contributed by atoms with Gasteiger partial charge >= 0.3 is 0 Å². The third-order valence-corrected chi connectivity index (χ3v) is 6.18. The summed E-state index contributed by atoms with van der Waals surface area (Å²) in [4.78, 5) is 0. The Kier molecular flexibility index (Phi) is 4.18. The lowest BCUT2D eigenvalue weighted by molar-refractivity contribution is 0.184. The van der Waals surface area contributed by atoms with Crippen LogP contribution in [0.4, 0.5) is 0 Å². The maximum absolute atomic E-state index is 4.29. The maximum atomic E-state index is 4.29. The Morgan fingerprint density at radius 2 is 2.05 bits per heavy atom. The highest BCUT2D eigenvalue weighted by Crippen LogP contribution is 2.35. The number of aryl methyl sites for hydroxylation is 2. The van der Waals surface area contributed by atoms with Gasteiger partial charge in [0.2, 0.25) is 0 Å². The zero-order valence-electron chi connectivity index (χ0n) is 13.7. The highest BCUT2D eigenvalue weighted by atomic mass is 15.4. The molecule has 122 valence electrons. The summed E-state index contributed by atoms with van der Waals surface area (Å²) in [6, 6.07) is 1.31. The van der Waals surface area contributed by atoms with E-state index >= 15 is 0 Å². The average molecular weight is 303 g/mol. The van der Waals surface area contributed by atoms with E-state index in [2.05, 4.69) is 20.9 Å². The van der Waals surface area contributed by atoms with Gasteiger partial charge in [0.25, 0.3) is 0 Å². The van der Waals surface area contributed by atoms with Gasteiger partial charge in [-0.2, -0.15) is 0 Å². The molecule has 1 saturated heterocycles. The number of hydrogen-bond acceptors (Lipinski definition) is 4. The molecule has 2 N–H and O–H groups in total. The first-order chi connectivity index (χ1) is 10.8. The molecule has 2 heterocycles. The van der Waals surface area contributed by atoms with E-state index in [9.17, 15) is 0 Å². The predicted molar refractivity (Wildman–Crippen MR) is 86.7 cm³/mol. The van der Waals surface area contributed by atoms with Gasteiger partial charge in [-0.3, -0.25) is 4.68 Å². The van der Waals surface area contributed by atoms with E-state index < -0.39 is 0 Å². The van der Waals surface area contributed by atoms with E-state index in [4.69, 9.17) is 0 Å². The van der Waals surface area contributed by atoms with E-state index in [-0.39, 0.29) is 0 Å². The third-order valence-electron chi connectivity index (χ3n) is 6.18. The van der Waals surface area contributed by atoms with Crippen molar-refractivity contribution in [3.8, 4) is 0 Å². The Morgan fingerprint density at radius 1 is 1.18 bits per heavy atom. The average Bonchev–Trinajstić information content (AvgIpc) is 3.19. The normalized spacial score (nSPS) is 33.0. The fourth-order valence-electron chi connectivity index (χ4n) is 4.93. The van der Waals surface area contributed by atoms with E-state index in [1.165, 1.54) is 63.0 Å². The zero-order valence-corrected chi connectivity index (χ0v) is 13.7. The Bertz CT molecular complexity index is 505. The van der Waals surface area contributed by atoms with Gasteiger partial charge < -0.3 is 10.6 Å². The minimum atomic E-state index is 0.608. The molecule has 2 fully saturated rings. The summed E-state index contributed by atoms with van der Waals surface area (Å²) in [5.74, 6) is 1.78. The molecule has 2 aliphatic carbocycles. The van der Waals surface area contributed by atoms with Gasteiger partial charge in [-0.15, -0.1) is 5.10 Å². The van der Waals surface area contributed by atoms with Crippen LogP contribution in [0.1, 0.15) is 49.9 Å². The number of rotatable bonds is 3. The molecule has 3 aliphatic rings. The van der Waals surface area contributed by atoms with Crippen LogP contribution in [0.15, 0.2) is 0 Å². The van der Waals surface area contributed by atoms with Gasteiger partial charge in [0.15, 0.2) is 0 Å². The largest absolute Gasteiger partial charge is 0.316 e. The summed E-state index contributed by atoms with van der Waals surface area (Å²) >= 11 is 0. The summed E-state index contributed by atoms with van der Waals surface area (Å²) in [7, 11) is 2.03. The second-order valence-electron chi connectivity index (χ2n) is 7.52. The lowest BCUT2D eigenvalue weighted by Gasteiger charge is -2.39. The summed E-state index contributed by atoms with van der Waals surface area (Å²) in [5.41, 5.74) is 2.56. The molecule has 3 unspecified atom stereocenters. The van der Waals surface area contributed by atoms with Crippen LogP contribution in [-0.4, -0.2) is 40.2 Å². The quantitative estimate of drug-likeness (QED) is 0.887. The molecule has 22 heavy (non-hydrogen) atoms. The SMILES string of the molecule is Cn1nnc2c1CC(NC1CCNCC1C1CCCC1)CC2. The number of piperidine rings is 1. The molecule has 1 aliphatic heterocycles. The Balaban J connectivity index is 1.42. The van der Waals surface area contributed by atoms with E-state index in [0.29, 0.717) is 12.1 Å². The van der Waals surface area contributed by atoms with E-state index in [1.807, 2.05) is 11.7 Å². The van der Waals surface area contributed by atoms with E-state index in [0.717, 1.165) is 24.7 Å². The first-order valence-corrected chi connectivity index (χ1v) is 9.15. The lowest BCUT2D eigenvalue weighted by atomic mass is 9.80. The van der Waals surface area contributed by atoms with Crippen molar-refractivity contribution < 1.29 is 0 Å². The van der Waals surface area contributed by atoms with Crippen LogP contribution >= 0.6 is 0 Å². The minimum Gasteiger partial charge on any atom is -0.316 e. The Hall–Kier alpha value is -0.940. The number of nitrogens with one attached hydrogen (secondary N) is 2. The zero-order chi connectivity index (χ0) is 14.9. The molecule has 5 heteroatoms. The molecular formula is C17H29N5. The molecule has 3 atom stereocenters. The van der Waals surface area contributed by atoms with Crippen LogP contribution in [0.3, 0.4) is 0 Å². The van der Waals surface area contributed by atoms with Gasteiger partial charge in [-0.1, -0.05) is 30.9 Å². The van der Waals surface area contributed by atoms with Crippen molar-refractivity contribution in [2.24, 2.45) is 18.9 Å². The Labute approximate surface area is 133 Å². The van der Waals surface area contributed by atoms with E-state index in [1.54, 1.807) is 0 Å². The fourth-order valence-corrected chi connectivity index (χ4v) is 4.93. The van der Waals surface area contributed by atoms with Crippen molar-refractivity contribution in [2.45, 2.75) is 63.5 Å². The van der Waals surface area contributed by atoms with Crippen LogP contribution in [0.25, 0.3) is 0 Å². The standard InChI is InChI=1S/C17H29N5/c1-22-17-10-13(6-7-16(17)20-21-22)19-15-8-9-18-11-14(15)12-4-2-3-5-12/h12-15,18-19H,2-11H2,1H3. The van der Waals surface area contributed by atoms with Crippen molar-refractivity contribution in [3.63, 3.8) is 0 Å². The smallest absolute Gasteiger partial charge is 0.0860 e. The predicted octanol–water partition coefficient (Wildman–Crippen LogP) is 1.43. The molecule has 0 spiro atoms. The second kappa shape index (κ2) is 6.28. The first kappa shape index (κ1) is 14.6. The van der Waals surface area contributed by atoms with Crippen LogP contribution < -0.4 is 10.6 Å². The topological polar surface area (TPSA) is 54.8 Å². The minimum absolute atomic E-state index is 0.608.